The Morgan fingerprint density at radius 1 is 1.15 bits per heavy atom. The van der Waals surface area contributed by atoms with Crippen molar-refractivity contribution in [2.45, 2.75) is 25.8 Å². The number of benzene rings is 2. The van der Waals surface area contributed by atoms with Gasteiger partial charge in [0.2, 0.25) is 0 Å². The van der Waals surface area contributed by atoms with Crippen LogP contribution >= 0.6 is 0 Å². The lowest BCUT2D eigenvalue weighted by atomic mass is 10.1. The Kier molecular flexibility index (Phi) is 5.11. The van der Waals surface area contributed by atoms with Gasteiger partial charge in [-0.15, -0.1) is 0 Å². The maximum absolute atomic E-state index is 11.2. The molecule has 1 atom stereocenters. The van der Waals surface area contributed by atoms with E-state index in [-0.39, 0.29) is 12.5 Å². The molecule has 1 N–H and O–H groups in total. The second-order valence-corrected chi connectivity index (χ2v) is 6.20. The Hall–Kier alpha value is -3.02. The Labute approximate surface area is 152 Å². The van der Waals surface area contributed by atoms with E-state index in [0.29, 0.717) is 17.9 Å². The van der Waals surface area contributed by atoms with Crippen LogP contribution in [0.5, 0.6) is 11.5 Å². The van der Waals surface area contributed by atoms with Gasteiger partial charge in [0.15, 0.2) is 11.5 Å². The zero-order chi connectivity index (χ0) is 18.7. The first-order valence-corrected chi connectivity index (χ1v) is 8.42. The molecule has 2 aromatic carbocycles. The number of para-hydroxylation sites is 2. The largest absolute Gasteiger partial charge is 0.493 e. The van der Waals surface area contributed by atoms with Crippen molar-refractivity contribution in [1.29, 1.82) is 0 Å². The summed E-state index contributed by atoms with van der Waals surface area (Å²) < 4.78 is 12.7. The lowest BCUT2D eigenvalue weighted by Gasteiger charge is -2.16. The molecule has 0 bridgehead atoms. The molecule has 136 valence electrons. The van der Waals surface area contributed by atoms with Gasteiger partial charge in [-0.05, 0) is 36.8 Å². The van der Waals surface area contributed by atoms with Crippen LogP contribution in [0, 0.1) is 0 Å². The zero-order valence-corrected chi connectivity index (χ0v) is 15.1. The number of rotatable bonds is 7. The predicted octanol–water partition coefficient (Wildman–Crippen LogP) is 3.68. The number of carbonyl (C=O) groups is 1. The number of nitrogens with zero attached hydrogens (tertiary/aromatic N) is 2. The average Bonchev–Trinajstić information content (AvgIpc) is 2.98. The minimum absolute atomic E-state index is 0.0410. The molecule has 26 heavy (non-hydrogen) atoms. The summed E-state index contributed by atoms with van der Waals surface area (Å²) in [5.41, 5.74) is 2.82. The van der Waals surface area contributed by atoms with E-state index in [1.807, 2.05) is 54.0 Å². The van der Waals surface area contributed by atoms with Crippen LogP contribution in [0.25, 0.3) is 11.0 Å². The fraction of sp³-hybridized carbons (Fsp3) is 0.300. The smallest absolute Gasteiger partial charge is 0.305 e. The van der Waals surface area contributed by atoms with Crippen LogP contribution in [0.1, 0.15) is 30.8 Å². The molecule has 0 aliphatic carbocycles. The van der Waals surface area contributed by atoms with E-state index in [0.717, 1.165) is 22.4 Å². The molecular weight excluding hydrogens is 332 g/mol. The number of aliphatic carboxylic acids is 1. The summed E-state index contributed by atoms with van der Waals surface area (Å²) in [6, 6.07) is 13.3. The maximum atomic E-state index is 11.2. The summed E-state index contributed by atoms with van der Waals surface area (Å²) in [6.07, 6.45) is 0.609. The molecule has 1 unspecified atom stereocenters. The fourth-order valence-electron chi connectivity index (χ4n) is 3.23. The first-order chi connectivity index (χ1) is 12.5. The molecule has 6 nitrogen and oxygen atoms in total. The van der Waals surface area contributed by atoms with Crippen molar-refractivity contribution in [1.82, 2.24) is 9.55 Å². The highest BCUT2D eigenvalue weighted by atomic mass is 16.5. The summed E-state index contributed by atoms with van der Waals surface area (Å²) in [5, 5.41) is 9.20. The standard InChI is InChI=1S/C20H22N2O4/c1-13(10-20(23)24)22-16-7-5-4-6-15(16)21-19(22)12-14-8-9-17(25-2)18(11-14)26-3/h4-9,11,13H,10,12H2,1-3H3,(H,23,24). The molecule has 3 rings (SSSR count). The third-order valence-electron chi connectivity index (χ3n) is 4.39. The van der Waals surface area contributed by atoms with E-state index in [4.69, 9.17) is 14.5 Å². The van der Waals surface area contributed by atoms with E-state index in [1.54, 1.807) is 14.2 Å². The van der Waals surface area contributed by atoms with Gasteiger partial charge in [-0.2, -0.15) is 0 Å². The number of ether oxygens (including phenoxy) is 2. The number of carboxylic acids is 1. The van der Waals surface area contributed by atoms with Gasteiger partial charge in [-0.3, -0.25) is 4.79 Å². The second kappa shape index (κ2) is 7.47. The van der Waals surface area contributed by atoms with E-state index < -0.39 is 5.97 Å². The van der Waals surface area contributed by atoms with Gasteiger partial charge in [0.05, 0.1) is 31.7 Å². The van der Waals surface area contributed by atoms with Crippen molar-refractivity contribution in [3.8, 4) is 11.5 Å². The number of fused-ring (bicyclic) bond motifs is 1. The summed E-state index contributed by atoms with van der Waals surface area (Å²) in [4.78, 5) is 15.9. The summed E-state index contributed by atoms with van der Waals surface area (Å²) >= 11 is 0. The van der Waals surface area contributed by atoms with E-state index in [2.05, 4.69) is 0 Å². The number of hydrogen-bond donors (Lipinski definition) is 1. The Morgan fingerprint density at radius 3 is 2.58 bits per heavy atom. The minimum atomic E-state index is -0.827. The van der Waals surface area contributed by atoms with Crippen LogP contribution in [-0.4, -0.2) is 34.8 Å². The molecular formula is C20H22N2O4. The van der Waals surface area contributed by atoms with Crippen LogP contribution in [0.4, 0.5) is 0 Å². The van der Waals surface area contributed by atoms with Gasteiger partial charge in [-0.25, -0.2) is 4.98 Å². The van der Waals surface area contributed by atoms with E-state index in [1.165, 1.54) is 0 Å². The van der Waals surface area contributed by atoms with Gasteiger partial charge >= 0.3 is 5.97 Å². The first-order valence-electron chi connectivity index (χ1n) is 8.42. The van der Waals surface area contributed by atoms with E-state index in [9.17, 15) is 9.90 Å². The number of methoxy groups -OCH3 is 2. The Morgan fingerprint density at radius 2 is 1.88 bits per heavy atom. The van der Waals surface area contributed by atoms with Crippen LogP contribution in [0.3, 0.4) is 0 Å². The highest BCUT2D eigenvalue weighted by molar-refractivity contribution is 5.76. The SMILES string of the molecule is COc1ccc(Cc2nc3ccccc3n2C(C)CC(=O)O)cc1OC. The number of hydrogen-bond acceptors (Lipinski definition) is 4. The van der Waals surface area contributed by atoms with Gasteiger partial charge in [-0.1, -0.05) is 18.2 Å². The number of aromatic nitrogens is 2. The number of carboxylic acid groups (broad SMARTS) is 1. The Bertz CT molecular complexity index is 933. The van der Waals surface area contributed by atoms with Gasteiger partial charge in [0, 0.05) is 12.5 Å². The van der Waals surface area contributed by atoms with Crippen LogP contribution in [-0.2, 0) is 11.2 Å². The summed E-state index contributed by atoms with van der Waals surface area (Å²) in [7, 11) is 3.20. The lowest BCUT2D eigenvalue weighted by Crippen LogP contribution is -2.13. The molecule has 1 aromatic heterocycles. The highest BCUT2D eigenvalue weighted by Crippen LogP contribution is 2.30. The third-order valence-corrected chi connectivity index (χ3v) is 4.39. The maximum Gasteiger partial charge on any atom is 0.305 e. The average molecular weight is 354 g/mol. The van der Waals surface area contributed by atoms with Crippen molar-refractivity contribution in [3.05, 3.63) is 53.9 Å². The predicted molar refractivity (Wildman–Crippen MR) is 99.0 cm³/mol. The summed E-state index contributed by atoms with van der Waals surface area (Å²) in [6.45, 7) is 1.90. The molecule has 0 fully saturated rings. The Balaban J connectivity index is 2.03. The molecule has 0 aliphatic heterocycles. The molecule has 1 heterocycles. The van der Waals surface area contributed by atoms with Crippen molar-refractivity contribution in [3.63, 3.8) is 0 Å². The molecule has 0 saturated carbocycles. The van der Waals surface area contributed by atoms with Crippen LogP contribution in [0.2, 0.25) is 0 Å². The minimum Gasteiger partial charge on any atom is -0.493 e. The summed E-state index contributed by atoms with van der Waals surface area (Å²) in [5.74, 6) is 1.33. The molecule has 0 aliphatic rings. The zero-order valence-electron chi connectivity index (χ0n) is 15.1. The van der Waals surface area contributed by atoms with Crippen LogP contribution in [0.15, 0.2) is 42.5 Å². The monoisotopic (exact) mass is 354 g/mol. The van der Waals surface area contributed by atoms with Crippen molar-refractivity contribution >= 4 is 17.0 Å². The molecule has 0 amide bonds. The van der Waals surface area contributed by atoms with Gasteiger partial charge in [0.1, 0.15) is 5.82 Å². The van der Waals surface area contributed by atoms with Crippen molar-refractivity contribution in [2.75, 3.05) is 14.2 Å². The first kappa shape index (κ1) is 17.8. The fourth-order valence-corrected chi connectivity index (χ4v) is 3.23. The van der Waals surface area contributed by atoms with Gasteiger partial charge < -0.3 is 19.1 Å². The molecule has 0 spiro atoms. The van der Waals surface area contributed by atoms with Crippen LogP contribution < -0.4 is 9.47 Å². The van der Waals surface area contributed by atoms with Gasteiger partial charge in [0.25, 0.3) is 0 Å². The lowest BCUT2D eigenvalue weighted by molar-refractivity contribution is -0.137. The van der Waals surface area contributed by atoms with E-state index >= 15 is 0 Å². The second-order valence-electron chi connectivity index (χ2n) is 6.20. The molecule has 0 saturated heterocycles. The quantitative estimate of drug-likeness (QED) is 0.701. The van der Waals surface area contributed by atoms with Crippen molar-refractivity contribution in [2.24, 2.45) is 0 Å². The third kappa shape index (κ3) is 3.49. The normalized spacial score (nSPS) is 12.1. The van der Waals surface area contributed by atoms with Crippen molar-refractivity contribution < 1.29 is 19.4 Å². The topological polar surface area (TPSA) is 73.6 Å². The number of imidazole rings is 1. The molecule has 0 radical (unpaired) electrons. The molecule has 6 heteroatoms. The molecule has 3 aromatic rings. The highest BCUT2D eigenvalue weighted by Gasteiger charge is 2.18.